The van der Waals surface area contributed by atoms with Gasteiger partial charge in [0.15, 0.2) is 0 Å². The summed E-state index contributed by atoms with van der Waals surface area (Å²) in [5.41, 5.74) is 1.12. The number of halogens is 1. The molecule has 0 spiro atoms. The maximum absolute atomic E-state index is 11.6. The topological polar surface area (TPSA) is 84.3 Å². The minimum absolute atomic E-state index is 0.0428. The van der Waals surface area contributed by atoms with E-state index in [0.717, 1.165) is 0 Å². The molecule has 1 unspecified atom stereocenters. The van der Waals surface area contributed by atoms with Gasteiger partial charge in [0.25, 0.3) is 5.69 Å². The van der Waals surface area contributed by atoms with Crippen molar-refractivity contribution in [3.8, 4) is 0 Å². The second-order valence-corrected chi connectivity index (χ2v) is 4.54. The Bertz CT molecular complexity index is 505. The van der Waals surface area contributed by atoms with Crippen LogP contribution in [0.5, 0.6) is 0 Å². The lowest BCUT2D eigenvalue weighted by atomic mass is 10.1. The van der Waals surface area contributed by atoms with Crippen LogP contribution in [0.25, 0.3) is 0 Å². The van der Waals surface area contributed by atoms with Crippen LogP contribution in [0.2, 0.25) is 5.02 Å². The zero-order valence-electron chi connectivity index (χ0n) is 11.0. The molecule has 0 saturated carbocycles. The fourth-order valence-electron chi connectivity index (χ4n) is 1.59. The second kappa shape index (κ2) is 6.38. The fourth-order valence-corrected chi connectivity index (χ4v) is 1.82. The molecule has 1 rings (SSSR count). The van der Waals surface area contributed by atoms with Crippen molar-refractivity contribution in [2.24, 2.45) is 0 Å². The van der Waals surface area contributed by atoms with Gasteiger partial charge in [0, 0.05) is 18.3 Å². The molecular weight excluding hydrogens is 270 g/mol. The smallest absolute Gasteiger partial charge is 0.288 e. The Kier molecular flexibility index (Phi) is 5.11. The quantitative estimate of drug-likeness (QED) is 0.643. The summed E-state index contributed by atoms with van der Waals surface area (Å²) in [5, 5.41) is 16.4. The molecule has 6 nitrogen and oxygen atoms in total. The molecule has 0 bridgehead atoms. The first-order chi connectivity index (χ1) is 8.86. The van der Waals surface area contributed by atoms with Crippen molar-refractivity contribution in [1.29, 1.82) is 0 Å². The van der Waals surface area contributed by atoms with Crippen LogP contribution in [0.1, 0.15) is 19.4 Å². The number of hydrogen-bond acceptors (Lipinski definition) is 4. The van der Waals surface area contributed by atoms with E-state index in [-0.39, 0.29) is 16.6 Å². The lowest BCUT2D eigenvalue weighted by molar-refractivity contribution is -0.384. The number of likely N-dealkylation sites (N-methyl/N-ethyl adjacent to an activating group) is 1. The number of carbonyl (C=O) groups is 1. The van der Waals surface area contributed by atoms with Crippen LogP contribution in [0.4, 0.5) is 11.4 Å². The monoisotopic (exact) mass is 285 g/mol. The number of aryl methyl sites for hydroxylation is 1. The number of carbonyl (C=O) groups excluding carboxylic acids is 1. The molecule has 2 N–H and O–H groups in total. The number of benzene rings is 1. The summed E-state index contributed by atoms with van der Waals surface area (Å²) in [4.78, 5) is 21.8. The number of nitrogens with one attached hydrogen (secondary N) is 2. The molecule has 1 aromatic carbocycles. The van der Waals surface area contributed by atoms with Crippen molar-refractivity contribution in [2.45, 2.75) is 26.8 Å². The van der Waals surface area contributed by atoms with Gasteiger partial charge in [-0.1, -0.05) is 11.6 Å². The number of anilines is 1. The van der Waals surface area contributed by atoms with Gasteiger partial charge in [-0.2, -0.15) is 0 Å². The van der Waals surface area contributed by atoms with E-state index in [1.165, 1.54) is 12.1 Å². The van der Waals surface area contributed by atoms with Crippen molar-refractivity contribution in [1.82, 2.24) is 5.32 Å². The average Bonchev–Trinajstić information content (AvgIpc) is 2.33. The SMILES string of the molecule is CCNC(=O)C(C)Nc1cc(Cl)c([N+](=O)[O-])cc1C. The molecule has 104 valence electrons. The zero-order valence-corrected chi connectivity index (χ0v) is 11.7. The first-order valence-corrected chi connectivity index (χ1v) is 6.23. The number of nitrogens with zero attached hydrogens (tertiary/aromatic N) is 1. The Morgan fingerprint density at radius 2 is 2.16 bits per heavy atom. The first kappa shape index (κ1) is 15.2. The second-order valence-electron chi connectivity index (χ2n) is 4.14. The predicted molar refractivity (Wildman–Crippen MR) is 74.6 cm³/mol. The van der Waals surface area contributed by atoms with E-state index in [1.54, 1.807) is 13.8 Å². The highest BCUT2D eigenvalue weighted by atomic mass is 35.5. The van der Waals surface area contributed by atoms with Gasteiger partial charge in [-0.25, -0.2) is 0 Å². The van der Waals surface area contributed by atoms with Crippen molar-refractivity contribution in [3.63, 3.8) is 0 Å². The molecule has 19 heavy (non-hydrogen) atoms. The third-order valence-electron chi connectivity index (χ3n) is 2.61. The van der Waals surface area contributed by atoms with Crippen molar-refractivity contribution < 1.29 is 9.72 Å². The number of amides is 1. The van der Waals surface area contributed by atoms with Crippen LogP contribution in [0, 0.1) is 17.0 Å². The summed E-state index contributed by atoms with van der Waals surface area (Å²) >= 11 is 5.84. The molecule has 0 aliphatic rings. The summed E-state index contributed by atoms with van der Waals surface area (Å²) in [6.07, 6.45) is 0. The van der Waals surface area contributed by atoms with Crippen LogP contribution in [-0.4, -0.2) is 23.4 Å². The van der Waals surface area contributed by atoms with E-state index in [4.69, 9.17) is 11.6 Å². The molecule has 7 heteroatoms. The predicted octanol–water partition coefficient (Wildman–Crippen LogP) is 2.49. The maximum atomic E-state index is 11.6. The molecule has 1 atom stereocenters. The van der Waals surface area contributed by atoms with E-state index in [2.05, 4.69) is 10.6 Å². The maximum Gasteiger partial charge on any atom is 0.288 e. The first-order valence-electron chi connectivity index (χ1n) is 5.85. The minimum atomic E-state index is -0.535. The molecule has 1 amide bonds. The summed E-state index contributed by atoms with van der Waals surface area (Å²) in [6.45, 7) is 5.80. The highest BCUT2D eigenvalue weighted by Crippen LogP contribution is 2.30. The fraction of sp³-hybridized carbons (Fsp3) is 0.417. The molecule has 0 radical (unpaired) electrons. The van der Waals surface area contributed by atoms with Gasteiger partial charge in [0.1, 0.15) is 11.1 Å². The lowest BCUT2D eigenvalue weighted by Crippen LogP contribution is -2.37. The molecule has 0 saturated heterocycles. The van der Waals surface area contributed by atoms with Crippen molar-refractivity contribution in [3.05, 3.63) is 32.8 Å². The zero-order chi connectivity index (χ0) is 14.6. The summed E-state index contributed by atoms with van der Waals surface area (Å²) in [6, 6.07) is 2.40. The third-order valence-corrected chi connectivity index (χ3v) is 2.91. The number of nitro groups is 1. The van der Waals surface area contributed by atoms with E-state index in [1.807, 2.05) is 6.92 Å². The van der Waals surface area contributed by atoms with Gasteiger partial charge in [0.2, 0.25) is 5.91 Å². The number of rotatable bonds is 5. The van der Waals surface area contributed by atoms with Crippen molar-refractivity contribution >= 4 is 28.9 Å². The Hall–Kier alpha value is -1.82. The van der Waals surface area contributed by atoms with Crippen molar-refractivity contribution in [2.75, 3.05) is 11.9 Å². The van der Waals surface area contributed by atoms with Gasteiger partial charge in [-0.05, 0) is 32.4 Å². The normalized spacial score (nSPS) is 11.8. The van der Waals surface area contributed by atoms with Crippen LogP contribution < -0.4 is 10.6 Å². The van der Waals surface area contributed by atoms with Gasteiger partial charge in [0.05, 0.1) is 4.92 Å². The largest absolute Gasteiger partial charge is 0.374 e. The number of hydrogen-bond donors (Lipinski definition) is 2. The molecule has 0 fully saturated rings. The Labute approximate surface area is 116 Å². The highest BCUT2D eigenvalue weighted by molar-refractivity contribution is 6.33. The summed E-state index contributed by atoms with van der Waals surface area (Å²) < 4.78 is 0. The van der Waals surface area contributed by atoms with E-state index in [9.17, 15) is 14.9 Å². The Morgan fingerprint density at radius 3 is 2.68 bits per heavy atom. The van der Waals surface area contributed by atoms with E-state index >= 15 is 0 Å². The van der Waals surface area contributed by atoms with Crippen LogP contribution in [-0.2, 0) is 4.79 Å². The van der Waals surface area contributed by atoms with Gasteiger partial charge >= 0.3 is 0 Å². The van der Waals surface area contributed by atoms with Gasteiger partial charge in [-0.15, -0.1) is 0 Å². The average molecular weight is 286 g/mol. The Morgan fingerprint density at radius 1 is 1.53 bits per heavy atom. The molecule has 0 heterocycles. The van der Waals surface area contributed by atoms with Crippen LogP contribution >= 0.6 is 11.6 Å². The molecule has 0 aliphatic carbocycles. The van der Waals surface area contributed by atoms with Crippen LogP contribution in [0.15, 0.2) is 12.1 Å². The molecular formula is C12H16ClN3O3. The van der Waals surface area contributed by atoms with Gasteiger partial charge < -0.3 is 10.6 Å². The third kappa shape index (κ3) is 3.82. The van der Waals surface area contributed by atoms with E-state index < -0.39 is 11.0 Å². The van der Waals surface area contributed by atoms with Gasteiger partial charge in [-0.3, -0.25) is 14.9 Å². The summed E-state index contributed by atoms with van der Waals surface area (Å²) in [7, 11) is 0. The van der Waals surface area contributed by atoms with E-state index in [0.29, 0.717) is 17.8 Å². The molecule has 0 aromatic heterocycles. The lowest BCUT2D eigenvalue weighted by Gasteiger charge is -2.16. The highest BCUT2D eigenvalue weighted by Gasteiger charge is 2.17. The summed E-state index contributed by atoms with van der Waals surface area (Å²) in [5.74, 6) is -0.142. The minimum Gasteiger partial charge on any atom is -0.374 e. The van der Waals surface area contributed by atoms with Crippen LogP contribution in [0.3, 0.4) is 0 Å². The Balaban J connectivity index is 2.94. The number of nitro benzene ring substituents is 1. The molecule has 1 aromatic rings. The standard InChI is InChI=1S/C12H16ClN3O3/c1-4-14-12(17)8(3)15-10-6-9(13)11(16(18)19)5-7(10)2/h5-6,8,15H,4H2,1-3H3,(H,14,17). The molecule has 0 aliphatic heterocycles.